The summed E-state index contributed by atoms with van der Waals surface area (Å²) in [6, 6.07) is 20.0. The number of anilines is 1. The van der Waals surface area contributed by atoms with Gasteiger partial charge in [0.05, 0.1) is 0 Å². The van der Waals surface area contributed by atoms with Crippen molar-refractivity contribution in [3.8, 4) is 0 Å². The van der Waals surface area contributed by atoms with Gasteiger partial charge in [-0.15, -0.1) is 0 Å². The Morgan fingerprint density at radius 3 is 2.14 bits per heavy atom. The normalized spacial score (nSPS) is 11.1. The van der Waals surface area contributed by atoms with Crippen molar-refractivity contribution < 1.29 is 0 Å². The molecular weight excluding hydrogens is 484 g/mol. The SMILES string of the molecule is ICCN(CCI)c1ccc2c(ccc3ccccc32)c1. The molecule has 3 rings (SSSR count). The predicted molar refractivity (Wildman–Crippen MR) is 111 cm³/mol. The lowest BCUT2D eigenvalue weighted by atomic mass is 10.0. The zero-order valence-corrected chi connectivity index (χ0v) is 16.0. The minimum Gasteiger partial charge on any atom is -0.370 e. The summed E-state index contributed by atoms with van der Waals surface area (Å²) in [6.07, 6.45) is 0. The van der Waals surface area contributed by atoms with Crippen molar-refractivity contribution in [2.45, 2.75) is 0 Å². The molecule has 3 aromatic carbocycles. The summed E-state index contributed by atoms with van der Waals surface area (Å²) in [4.78, 5) is 2.48. The average molecular weight is 501 g/mol. The molecule has 1 nitrogen and oxygen atoms in total. The lowest BCUT2D eigenvalue weighted by Crippen LogP contribution is -2.27. The van der Waals surface area contributed by atoms with E-state index in [2.05, 4.69) is 105 Å². The molecule has 0 saturated carbocycles. The first-order valence-electron chi connectivity index (χ1n) is 7.12. The van der Waals surface area contributed by atoms with Crippen LogP contribution in [0.1, 0.15) is 0 Å². The Labute approximate surface area is 153 Å². The topological polar surface area (TPSA) is 3.24 Å². The molecule has 0 aromatic heterocycles. The number of benzene rings is 3. The molecule has 3 heteroatoms. The van der Waals surface area contributed by atoms with Gasteiger partial charge in [0.15, 0.2) is 0 Å². The molecule has 108 valence electrons. The largest absolute Gasteiger partial charge is 0.370 e. The van der Waals surface area contributed by atoms with Crippen LogP contribution in [0.2, 0.25) is 0 Å². The maximum absolute atomic E-state index is 2.48. The fourth-order valence-electron chi connectivity index (χ4n) is 2.77. The van der Waals surface area contributed by atoms with Crippen LogP contribution in [-0.2, 0) is 0 Å². The molecule has 0 radical (unpaired) electrons. The highest BCUT2D eigenvalue weighted by molar-refractivity contribution is 14.1. The van der Waals surface area contributed by atoms with Crippen LogP contribution in [0, 0.1) is 0 Å². The molecule has 0 aliphatic carbocycles. The number of hydrogen-bond acceptors (Lipinski definition) is 1. The van der Waals surface area contributed by atoms with Crippen LogP contribution in [0.25, 0.3) is 21.5 Å². The Bertz CT molecular complexity index is 748. The van der Waals surface area contributed by atoms with E-state index < -0.39 is 0 Å². The molecule has 0 spiro atoms. The Morgan fingerprint density at radius 2 is 1.38 bits per heavy atom. The second-order valence-corrected chi connectivity index (χ2v) is 7.21. The minimum absolute atomic E-state index is 1.11. The van der Waals surface area contributed by atoms with E-state index in [0.717, 1.165) is 21.9 Å². The van der Waals surface area contributed by atoms with Gasteiger partial charge in [-0.05, 0) is 33.7 Å². The molecule has 0 atom stereocenters. The van der Waals surface area contributed by atoms with Gasteiger partial charge in [-0.25, -0.2) is 0 Å². The molecule has 0 fully saturated rings. The summed E-state index contributed by atoms with van der Waals surface area (Å²) >= 11 is 4.91. The van der Waals surface area contributed by atoms with Crippen molar-refractivity contribution in [3.63, 3.8) is 0 Å². The van der Waals surface area contributed by atoms with Crippen LogP contribution in [0.3, 0.4) is 0 Å². The van der Waals surface area contributed by atoms with Gasteiger partial charge >= 0.3 is 0 Å². The summed E-state index contributed by atoms with van der Waals surface area (Å²) in [5, 5.41) is 5.34. The highest BCUT2D eigenvalue weighted by Gasteiger charge is 2.07. The minimum atomic E-state index is 1.11. The second-order valence-electron chi connectivity index (χ2n) is 5.06. The highest BCUT2D eigenvalue weighted by Crippen LogP contribution is 2.28. The molecule has 21 heavy (non-hydrogen) atoms. The van der Waals surface area contributed by atoms with Crippen LogP contribution < -0.4 is 4.90 Å². The fourth-order valence-corrected chi connectivity index (χ4v) is 3.94. The number of halogens is 2. The van der Waals surface area contributed by atoms with E-state index in [1.807, 2.05) is 0 Å². The number of alkyl halides is 2. The fraction of sp³-hybridized carbons (Fsp3) is 0.222. The number of hydrogen-bond donors (Lipinski definition) is 0. The maximum Gasteiger partial charge on any atom is 0.0373 e. The summed E-state index contributed by atoms with van der Waals surface area (Å²) in [5.74, 6) is 0. The van der Waals surface area contributed by atoms with E-state index in [4.69, 9.17) is 0 Å². The standard InChI is InChI=1S/C18H17I2N/c19-9-11-21(12-10-20)16-7-8-18-15(13-16)6-5-14-3-1-2-4-17(14)18/h1-8,13H,9-12H2. The second kappa shape index (κ2) is 7.13. The number of rotatable bonds is 5. The third-order valence-electron chi connectivity index (χ3n) is 3.80. The number of nitrogens with zero attached hydrogens (tertiary/aromatic N) is 1. The van der Waals surface area contributed by atoms with Crippen molar-refractivity contribution in [2.75, 3.05) is 26.8 Å². The third-order valence-corrected chi connectivity index (χ3v) is 4.77. The average Bonchev–Trinajstić information content (AvgIpc) is 2.54. The molecule has 3 aromatic rings. The first-order valence-corrected chi connectivity index (χ1v) is 10.2. The Morgan fingerprint density at radius 1 is 0.714 bits per heavy atom. The molecule has 0 heterocycles. The highest BCUT2D eigenvalue weighted by atomic mass is 127. The van der Waals surface area contributed by atoms with Crippen LogP contribution in [0.15, 0.2) is 54.6 Å². The molecule has 0 saturated heterocycles. The smallest absolute Gasteiger partial charge is 0.0373 e. The van der Waals surface area contributed by atoms with E-state index in [-0.39, 0.29) is 0 Å². The van der Waals surface area contributed by atoms with Gasteiger partial charge in [0, 0.05) is 27.6 Å². The first kappa shape index (κ1) is 15.3. The Kier molecular flexibility index (Phi) is 5.21. The number of fused-ring (bicyclic) bond motifs is 3. The molecular formula is C18H17I2N. The van der Waals surface area contributed by atoms with Gasteiger partial charge in [0.2, 0.25) is 0 Å². The van der Waals surface area contributed by atoms with Crippen molar-refractivity contribution in [1.82, 2.24) is 0 Å². The van der Waals surface area contributed by atoms with Crippen LogP contribution >= 0.6 is 45.2 Å². The van der Waals surface area contributed by atoms with Gasteiger partial charge in [-0.2, -0.15) is 0 Å². The van der Waals surface area contributed by atoms with Gasteiger partial charge in [-0.3, -0.25) is 0 Å². The molecule has 0 aliphatic heterocycles. The molecule has 0 bridgehead atoms. The van der Waals surface area contributed by atoms with Crippen molar-refractivity contribution in [1.29, 1.82) is 0 Å². The summed E-state index contributed by atoms with van der Waals surface area (Å²) in [7, 11) is 0. The molecule has 0 unspecified atom stereocenters. The Balaban J connectivity index is 2.09. The van der Waals surface area contributed by atoms with Gasteiger partial charge in [-0.1, -0.05) is 87.6 Å². The van der Waals surface area contributed by atoms with Gasteiger partial charge in [0.1, 0.15) is 0 Å². The molecule has 0 N–H and O–H groups in total. The zero-order chi connectivity index (χ0) is 14.7. The van der Waals surface area contributed by atoms with E-state index in [1.165, 1.54) is 27.2 Å². The summed E-state index contributed by atoms with van der Waals surface area (Å²) in [6.45, 7) is 2.23. The van der Waals surface area contributed by atoms with E-state index in [0.29, 0.717) is 0 Å². The lowest BCUT2D eigenvalue weighted by Gasteiger charge is -2.23. The third kappa shape index (κ3) is 3.28. The van der Waals surface area contributed by atoms with Crippen molar-refractivity contribution >= 4 is 72.4 Å². The van der Waals surface area contributed by atoms with E-state index >= 15 is 0 Å². The van der Waals surface area contributed by atoms with Gasteiger partial charge < -0.3 is 4.90 Å². The monoisotopic (exact) mass is 501 g/mol. The Hall–Kier alpha value is -0.560. The van der Waals surface area contributed by atoms with E-state index in [1.54, 1.807) is 0 Å². The zero-order valence-electron chi connectivity index (χ0n) is 11.7. The van der Waals surface area contributed by atoms with Crippen molar-refractivity contribution in [3.05, 3.63) is 54.6 Å². The molecule has 0 amide bonds. The van der Waals surface area contributed by atoms with Crippen LogP contribution in [0.5, 0.6) is 0 Å². The van der Waals surface area contributed by atoms with Crippen LogP contribution in [0.4, 0.5) is 5.69 Å². The van der Waals surface area contributed by atoms with E-state index in [9.17, 15) is 0 Å². The maximum atomic E-state index is 2.48. The first-order chi connectivity index (χ1) is 10.3. The predicted octanol–water partition coefficient (Wildman–Crippen LogP) is 5.67. The van der Waals surface area contributed by atoms with Gasteiger partial charge in [0.25, 0.3) is 0 Å². The summed E-state index contributed by atoms with van der Waals surface area (Å²) in [5.41, 5.74) is 1.34. The lowest BCUT2D eigenvalue weighted by molar-refractivity contribution is 0.893. The van der Waals surface area contributed by atoms with Crippen molar-refractivity contribution in [2.24, 2.45) is 0 Å². The summed E-state index contributed by atoms with van der Waals surface area (Å²) < 4.78 is 2.31. The van der Waals surface area contributed by atoms with Crippen LogP contribution in [-0.4, -0.2) is 21.9 Å². The quantitative estimate of drug-likeness (QED) is 0.248. The molecule has 0 aliphatic rings.